The molecular weight excluding hydrogens is 156 g/mol. The van der Waals surface area contributed by atoms with Gasteiger partial charge in [-0.25, -0.2) is 0 Å². The monoisotopic (exact) mass is 184 g/mol. The molecule has 0 heteroatoms. The molecule has 0 bridgehead atoms. The smallest absolute Gasteiger partial charge is 0.0389 e. The summed E-state index contributed by atoms with van der Waals surface area (Å²) in [4.78, 5) is 0. The molecule has 1 atom stereocenters. The summed E-state index contributed by atoms with van der Waals surface area (Å²) in [6.45, 7) is 14.1. The van der Waals surface area contributed by atoms with Crippen LogP contribution in [0.4, 0.5) is 0 Å². The molecular formula is C13H28. The number of hydrogen-bond acceptors (Lipinski definition) is 0. The molecule has 0 aliphatic heterocycles. The van der Waals surface area contributed by atoms with E-state index >= 15 is 0 Å². The van der Waals surface area contributed by atoms with Crippen LogP contribution in [0.2, 0.25) is 0 Å². The summed E-state index contributed by atoms with van der Waals surface area (Å²) < 4.78 is 0. The van der Waals surface area contributed by atoms with Crippen LogP contribution in [-0.4, -0.2) is 0 Å². The van der Waals surface area contributed by atoms with Gasteiger partial charge in [0, 0.05) is 0 Å². The largest absolute Gasteiger partial charge is 0.0628 e. The van der Waals surface area contributed by atoms with Gasteiger partial charge < -0.3 is 0 Å². The van der Waals surface area contributed by atoms with Crippen molar-refractivity contribution < 1.29 is 0 Å². The summed E-state index contributed by atoms with van der Waals surface area (Å²) in [5, 5.41) is 0. The van der Waals surface area contributed by atoms with Crippen LogP contribution in [0.25, 0.3) is 0 Å². The molecule has 0 unspecified atom stereocenters. The van der Waals surface area contributed by atoms with Gasteiger partial charge in [0.2, 0.25) is 0 Å². The molecule has 0 amide bonds. The minimum Gasteiger partial charge on any atom is -0.0628 e. The van der Waals surface area contributed by atoms with Crippen molar-refractivity contribution in [3.8, 4) is 0 Å². The molecule has 13 heavy (non-hydrogen) atoms. The molecule has 0 aliphatic carbocycles. The molecule has 80 valence electrons. The first-order chi connectivity index (χ1) is 5.93. The quantitative estimate of drug-likeness (QED) is 0.559. The third-order valence-electron chi connectivity index (χ3n) is 2.83. The zero-order valence-corrected chi connectivity index (χ0v) is 10.4. The van der Waals surface area contributed by atoms with Crippen molar-refractivity contribution in [2.75, 3.05) is 0 Å². The standard InChI is InChI=1S/C13H28/c1-10(2)7-8-13(12(5)6)9-11(3)4/h10-13H,7-9H2,1-6H3/t13-/m1/s1. The Labute approximate surface area is 85.1 Å². The number of rotatable bonds is 6. The first-order valence-electron chi connectivity index (χ1n) is 5.93. The van der Waals surface area contributed by atoms with Crippen LogP contribution in [0.5, 0.6) is 0 Å². The van der Waals surface area contributed by atoms with Gasteiger partial charge in [-0.1, -0.05) is 48.0 Å². The van der Waals surface area contributed by atoms with Crippen LogP contribution >= 0.6 is 0 Å². The lowest BCUT2D eigenvalue weighted by Gasteiger charge is -2.23. The normalized spacial score (nSPS) is 14.5. The van der Waals surface area contributed by atoms with Crippen molar-refractivity contribution in [2.24, 2.45) is 23.7 Å². The summed E-state index contributed by atoms with van der Waals surface area (Å²) in [6, 6.07) is 0. The molecule has 0 rings (SSSR count). The Balaban J connectivity index is 3.81. The Morgan fingerprint density at radius 2 is 1.23 bits per heavy atom. The summed E-state index contributed by atoms with van der Waals surface area (Å²) in [5.41, 5.74) is 0. The van der Waals surface area contributed by atoms with Crippen molar-refractivity contribution in [2.45, 2.75) is 60.8 Å². The zero-order valence-electron chi connectivity index (χ0n) is 10.4. The Kier molecular flexibility index (Phi) is 6.45. The van der Waals surface area contributed by atoms with Crippen molar-refractivity contribution in [3.05, 3.63) is 0 Å². The predicted octanol–water partition coefficient (Wildman–Crippen LogP) is 4.74. The van der Waals surface area contributed by atoms with Crippen molar-refractivity contribution in [3.63, 3.8) is 0 Å². The molecule has 0 saturated carbocycles. The van der Waals surface area contributed by atoms with E-state index in [-0.39, 0.29) is 0 Å². The Morgan fingerprint density at radius 3 is 1.54 bits per heavy atom. The number of hydrogen-bond donors (Lipinski definition) is 0. The topological polar surface area (TPSA) is 0 Å². The van der Waals surface area contributed by atoms with E-state index in [2.05, 4.69) is 41.5 Å². The molecule has 0 N–H and O–H groups in total. The molecule has 0 nitrogen and oxygen atoms in total. The van der Waals surface area contributed by atoms with Crippen molar-refractivity contribution in [1.29, 1.82) is 0 Å². The molecule has 0 fully saturated rings. The summed E-state index contributed by atoms with van der Waals surface area (Å²) in [5.74, 6) is 3.54. The predicted molar refractivity (Wildman–Crippen MR) is 61.9 cm³/mol. The van der Waals surface area contributed by atoms with Crippen molar-refractivity contribution >= 4 is 0 Å². The Bertz CT molecular complexity index is 111. The molecule has 0 aromatic rings. The van der Waals surface area contributed by atoms with Gasteiger partial charge in [0.25, 0.3) is 0 Å². The van der Waals surface area contributed by atoms with Gasteiger partial charge in [0.15, 0.2) is 0 Å². The highest BCUT2D eigenvalue weighted by molar-refractivity contribution is 4.66. The van der Waals surface area contributed by atoms with E-state index in [1.54, 1.807) is 0 Å². The second kappa shape index (κ2) is 6.45. The van der Waals surface area contributed by atoms with Crippen molar-refractivity contribution in [1.82, 2.24) is 0 Å². The van der Waals surface area contributed by atoms with Crippen LogP contribution in [0.1, 0.15) is 60.8 Å². The lowest BCUT2D eigenvalue weighted by molar-refractivity contribution is 0.280. The SMILES string of the molecule is CC(C)CC[C@H](CC(C)C)C(C)C. The molecule has 0 radical (unpaired) electrons. The maximum Gasteiger partial charge on any atom is -0.0389 e. The minimum absolute atomic E-state index is 0.861. The maximum atomic E-state index is 2.37. The molecule has 0 aliphatic rings. The Morgan fingerprint density at radius 1 is 0.692 bits per heavy atom. The third kappa shape index (κ3) is 7.10. The van der Waals surface area contributed by atoms with E-state index in [1.807, 2.05) is 0 Å². The fraction of sp³-hybridized carbons (Fsp3) is 1.00. The first kappa shape index (κ1) is 13.0. The molecule has 0 spiro atoms. The van der Waals surface area contributed by atoms with E-state index in [4.69, 9.17) is 0 Å². The average molecular weight is 184 g/mol. The van der Waals surface area contributed by atoms with Gasteiger partial charge in [-0.3, -0.25) is 0 Å². The highest BCUT2D eigenvalue weighted by Gasteiger charge is 2.14. The summed E-state index contributed by atoms with van der Waals surface area (Å²) in [6.07, 6.45) is 4.23. The molecule has 0 aromatic carbocycles. The van der Waals surface area contributed by atoms with Gasteiger partial charge in [-0.05, 0) is 36.5 Å². The highest BCUT2D eigenvalue weighted by Crippen LogP contribution is 2.26. The van der Waals surface area contributed by atoms with Gasteiger partial charge in [0.05, 0.1) is 0 Å². The highest BCUT2D eigenvalue weighted by atomic mass is 14.2. The van der Waals surface area contributed by atoms with Crippen LogP contribution < -0.4 is 0 Å². The van der Waals surface area contributed by atoms with Gasteiger partial charge in [-0.2, -0.15) is 0 Å². The van der Waals surface area contributed by atoms with E-state index in [0.29, 0.717) is 0 Å². The van der Waals surface area contributed by atoms with Gasteiger partial charge in [0.1, 0.15) is 0 Å². The Hall–Kier alpha value is 0. The molecule has 0 aromatic heterocycles. The van der Waals surface area contributed by atoms with Crippen LogP contribution in [0, 0.1) is 23.7 Å². The van der Waals surface area contributed by atoms with E-state index in [1.165, 1.54) is 19.3 Å². The van der Waals surface area contributed by atoms with Gasteiger partial charge in [-0.15, -0.1) is 0 Å². The second-order valence-corrected chi connectivity index (χ2v) is 5.60. The first-order valence-corrected chi connectivity index (χ1v) is 5.93. The lowest BCUT2D eigenvalue weighted by Crippen LogP contribution is -2.12. The van der Waals surface area contributed by atoms with Crippen LogP contribution in [0.15, 0.2) is 0 Å². The average Bonchev–Trinajstić information content (AvgIpc) is 1.96. The summed E-state index contributed by atoms with van der Waals surface area (Å²) >= 11 is 0. The fourth-order valence-electron chi connectivity index (χ4n) is 1.88. The zero-order chi connectivity index (χ0) is 10.4. The minimum atomic E-state index is 0.861. The van der Waals surface area contributed by atoms with E-state index in [0.717, 1.165) is 23.7 Å². The second-order valence-electron chi connectivity index (χ2n) is 5.60. The third-order valence-corrected chi connectivity index (χ3v) is 2.83. The maximum absolute atomic E-state index is 2.37. The summed E-state index contributed by atoms with van der Waals surface area (Å²) in [7, 11) is 0. The lowest BCUT2D eigenvalue weighted by atomic mass is 9.83. The fourth-order valence-corrected chi connectivity index (χ4v) is 1.88. The van der Waals surface area contributed by atoms with Crippen LogP contribution in [0.3, 0.4) is 0 Å². The van der Waals surface area contributed by atoms with Gasteiger partial charge >= 0.3 is 0 Å². The molecule has 0 saturated heterocycles. The van der Waals surface area contributed by atoms with Crippen LogP contribution in [-0.2, 0) is 0 Å². The van der Waals surface area contributed by atoms with E-state index in [9.17, 15) is 0 Å². The molecule has 0 heterocycles. The van der Waals surface area contributed by atoms with E-state index < -0.39 is 0 Å².